The number of anilines is 2. The van der Waals surface area contributed by atoms with E-state index in [4.69, 9.17) is 0 Å². The van der Waals surface area contributed by atoms with Gasteiger partial charge in [-0.2, -0.15) is 0 Å². The first-order valence-corrected chi connectivity index (χ1v) is 12.1. The smallest absolute Gasteiger partial charge is 0.336 e. The fraction of sp³-hybridized carbons (Fsp3) is 0.304. The highest BCUT2D eigenvalue weighted by molar-refractivity contribution is 7.92. The topological polar surface area (TPSA) is 103 Å². The number of carboxylic acid groups (broad SMARTS) is 1. The summed E-state index contributed by atoms with van der Waals surface area (Å²) in [6.07, 6.45) is 1.10. The third-order valence-corrected chi connectivity index (χ3v) is 6.96. The number of pyridine rings is 1. The minimum absolute atomic E-state index is 0. The molecular weight excluding hydrogens is 535 g/mol. The summed E-state index contributed by atoms with van der Waals surface area (Å²) in [6, 6.07) is 14.4. The first-order chi connectivity index (χ1) is 15.4. The van der Waals surface area contributed by atoms with Gasteiger partial charge in [-0.3, -0.25) is 9.62 Å². The van der Waals surface area contributed by atoms with Crippen LogP contribution in [0.25, 0.3) is 10.9 Å². The number of nitrogens with zero attached hydrogens (tertiary/aromatic N) is 3. The molecule has 0 saturated carbocycles. The maximum Gasteiger partial charge on any atom is 0.336 e. The van der Waals surface area contributed by atoms with Crippen molar-refractivity contribution in [3.63, 3.8) is 0 Å². The highest BCUT2D eigenvalue weighted by Gasteiger charge is 2.21. The molecule has 0 amide bonds. The molecule has 0 aliphatic carbocycles. The maximum atomic E-state index is 12.6. The van der Waals surface area contributed by atoms with Gasteiger partial charge >= 0.3 is 5.97 Å². The van der Waals surface area contributed by atoms with Gasteiger partial charge in [-0.05, 0) is 49.4 Å². The van der Waals surface area contributed by atoms with Crippen molar-refractivity contribution in [1.29, 1.82) is 0 Å². The van der Waals surface area contributed by atoms with E-state index in [2.05, 4.69) is 26.4 Å². The lowest BCUT2D eigenvalue weighted by Crippen LogP contribution is -2.46. The summed E-state index contributed by atoms with van der Waals surface area (Å²) < 4.78 is 27.8. The summed E-state index contributed by atoms with van der Waals surface area (Å²) in [6.45, 7) is 6.61. The third-order valence-electron chi connectivity index (χ3n) is 5.57. The molecule has 1 aromatic heterocycles. The second kappa shape index (κ2) is 13.1. The zero-order valence-electron chi connectivity index (χ0n) is 19.1. The number of hydrogen-bond donors (Lipinski definition) is 2. The monoisotopic (exact) mass is 562 g/mol. The Morgan fingerprint density at radius 3 is 2.26 bits per heavy atom. The van der Waals surface area contributed by atoms with Crippen molar-refractivity contribution in [3.05, 3.63) is 60.2 Å². The number of carbonyl (C=O) groups is 1. The van der Waals surface area contributed by atoms with E-state index < -0.39 is 16.0 Å². The average molecular weight is 564 g/mol. The summed E-state index contributed by atoms with van der Waals surface area (Å²) in [4.78, 5) is 21.3. The van der Waals surface area contributed by atoms with Gasteiger partial charge in [0.1, 0.15) is 5.82 Å². The van der Waals surface area contributed by atoms with Crippen LogP contribution < -0.4 is 9.62 Å². The minimum atomic E-state index is -3.78. The fourth-order valence-corrected chi connectivity index (χ4v) is 5.02. The van der Waals surface area contributed by atoms with Crippen LogP contribution in [0.2, 0.25) is 0 Å². The molecule has 2 heterocycles. The SMILES string of the molecule is CCCN1CCN(c2cc(C(=O)O)c3cc(NS(=O)(=O)c4ccccc4)ccc3n2)CC1.Cl.Cl.Cl. The highest BCUT2D eigenvalue weighted by atomic mass is 35.5. The fourth-order valence-electron chi connectivity index (χ4n) is 3.94. The maximum absolute atomic E-state index is 12.6. The van der Waals surface area contributed by atoms with Crippen molar-refractivity contribution in [2.75, 3.05) is 42.3 Å². The molecule has 0 atom stereocenters. The molecule has 1 saturated heterocycles. The van der Waals surface area contributed by atoms with E-state index in [-0.39, 0.29) is 53.4 Å². The van der Waals surface area contributed by atoms with Crippen LogP contribution in [0.3, 0.4) is 0 Å². The van der Waals surface area contributed by atoms with Crippen molar-refractivity contribution in [1.82, 2.24) is 9.88 Å². The van der Waals surface area contributed by atoms with Gasteiger partial charge in [-0.15, -0.1) is 37.2 Å². The standard InChI is InChI=1S/C23H26N4O4S.3ClH/c1-2-10-26-11-13-27(14-12-26)22-16-20(23(28)29)19-15-17(8-9-21(19)24-22)25-32(30,31)18-6-4-3-5-7-18;;;/h3-9,15-16,25H,2,10-14H2,1H3,(H,28,29);3*1H. The summed E-state index contributed by atoms with van der Waals surface area (Å²) in [5, 5.41) is 10.2. The molecule has 0 unspecified atom stereocenters. The van der Waals surface area contributed by atoms with E-state index in [1.165, 1.54) is 18.2 Å². The molecule has 4 rings (SSSR count). The Balaban J connectivity index is 0.00000204. The Hall–Kier alpha value is -2.30. The zero-order valence-corrected chi connectivity index (χ0v) is 22.4. The van der Waals surface area contributed by atoms with Gasteiger partial charge in [0.2, 0.25) is 0 Å². The van der Waals surface area contributed by atoms with Crippen LogP contribution in [0.4, 0.5) is 11.5 Å². The number of aromatic carboxylic acids is 1. The number of sulfonamides is 1. The lowest BCUT2D eigenvalue weighted by Gasteiger charge is -2.35. The lowest BCUT2D eigenvalue weighted by molar-refractivity contribution is 0.0699. The number of hydrogen-bond acceptors (Lipinski definition) is 6. The summed E-state index contributed by atoms with van der Waals surface area (Å²) in [5.41, 5.74) is 0.895. The van der Waals surface area contributed by atoms with Crippen LogP contribution in [-0.2, 0) is 10.0 Å². The molecule has 1 aliphatic rings. The van der Waals surface area contributed by atoms with E-state index in [0.717, 1.165) is 39.1 Å². The van der Waals surface area contributed by atoms with Crippen LogP contribution in [-0.4, -0.2) is 62.1 Å². The number of nitrogens with one attached hydrogen (secondary N) is 1. The predicted octanol–water partition coefficient (Wildman–Crippen LogP) is 4.53. The molecule has 8 nitrogen and oxygen atoms in total. The molecule has 2 aromatic carbocycles. The van der Waals surface area contributed by atoms with Gasteiger partial charge in [-0.25, -0.2) is 18.2 Å². The van der Waals surface area contributed by atoms with E-state index in [1.54, 1.807) is 36.4 Å². The second-order valence-electron chi connectivity index (χ2n) is 7.81. The van der Waals surface area contributed by atoms with Crippen LogP contribution in [0.5, 0.6) is 0 Å². The number of aromatic nitrogens is 1. The number of rotatable bonds is 7. The molecule has 192 valence electrons. The van der Waals surface area contributed by atoms with Crippen LogP contribution in [0, 0.1) is 0 Å². The molecule has 35 heavy (non-hydrogen) atoms. The van der Waals surface area contributed by atoms with E-state index in [9.17, 15) is 18.3 Å². The molecule has 0 radical (unpaired) electrons. The molecular formula is C23H29Cl3N4O4S. The zero-order chi connectivity index (χ0) is 22.7. The average Bonchev–Trinajstić information content (AvgIpc) is 2.79. The third kappa shape index (κ3) is 7.11. The van der Waals surface area contributed by atoms with E-state index in [1.807, 2.05) is 0 Å². The predicted molar refractivity (Wildman–Crippen MR) is 147 cm³/mol. The molecule has 12 heteroatoms. The largest absolute Gasteiger partial charge is 0.478 e. The van der Waals surface area contributed by atoms with Gasteiger partial charge in [0.15, 0.2) is 0 Å². The molecule has 2 N–H and O–H groups in total. The molecule has 0 bridgehead atoms. The summed E-state index contributed by atoms with van der Waals surface area (Å²) in [7, 11) is -3.78. The number of fused-ring (bicyclic) bond motifs is 1. The number of benzene rings is 2. The Kier molecular flexibility index (Phi) is 11.5. The van der Waals surface area contributed by atoms with Crippen molar-refractivity contribution in [2.45, 2.75) is 18.2 Å². The Labute approximate surface area is 224 Å². The number of carboxylic acids is 1. The first kappa shape index (κ1) is 30.7. The minimum Gasteiger partial charge on any atom is -0.478 e. The second-order valence-corrected chi connectivity index (χ2v) is 9.49. The van der Waals surface area contributed by atoms with Crippen molar-refractivity contribution >= 4 is 75.6 Å². The van der Waals surface area contributed by atoms with Crippen LogP contribution >= 0.6 is 37.2 Å². The van der Waals surface area contributed by atoms with Crippen LogP contribution in [0.15, 0.2) is 59.5 Å². The van der Waals surface area contributed by atoms with Gasteiger partial charge in [0.05, 0.1) is 16.0 Å². The Bertz CT molecular complexity index is 1240. The number of piperazine rings is 1. The van der Waals surface area contributed by atoms with Crippen molar-refractivity contribution < 1.29 is 18.3 Å². The Morgan fingerprint density at radius 1 is 1.00 bits per heavy atom. The molecule has 1 fully saturated rings. The lowest BCUT2D eigenvalue weighted by atomic mass is 10.1. The van der Waals surface area contributed by atoms with Gasteiger partial charge in [0.25, 0.3) is 10.0 Å². The summed E-state index contributed by atoms with van der Waals surface area (Å²) in [5.74, 6) is -0.449. The normalized spacial score (nSPS) is 13.8. The molecule has 3 aromatic rings. The van der Waals surface area contributed by atoms with Crippen molar-refractivity contribution in [2.24, 2.45) is 0 Å². The van der Waals surface area contributed by atoms with Crippen LogP contribution in [0.1, 0.15) is 23.7 Å². The number of halogens is 3. The van der Waals surface area contributed by atoms with Gasteiger partial charge in [0, 0.05) is 37.3 Å². The van der Waals surface area contributed by atoms with Crippen molar-refractivity contribution in [3.8, 4) is 0 Å². The Morgan fingerprint density at radius 2 is 1.66 bits per heavy atom. The van der Waals surface area contributed by atoms with E-state index >= 15 is 0 Å². The van der Waals surface area contributed by atoms with E-state index in [0.29, 0.717) is 16.7 Å². The summed E-state index contributed by atoms with van der Waals surface area (Å²) >= 11 is 0. The molecule has 0 spiro atoms. The highest BCUT2D eigenvalue weighted by Crippen LogP contribution is 2.27. The quantitative estimate of drug-likeness (QED) is 0.435. The molecule has 1 aliphatic heterocycles. The van der Waals surface area contributed by atoms with Gasteiger partial charge < -0.3 is 10.0 Å². The van der Waals surface area contributed by atoms with Gasteiger partial charge in [-0.1, -0.05) is 25.1 Å². The first-order valence-electron chi connectivity index (χ1n) is 10.6.